The first-order valence-corrected chi connectivity index (χ1v) is 6.66. The summed E-state index contributed by atoms with van der Waals surface area (Å²) >= 11 is 0. The van der Waals surface area contributed by atoms with Crippen LogP contribution in [-0.2, 0) is 10.2 Å². The van der Waals surface area contributed by atoms with Crippen LogP contribution in [0, 0.1) is 0 Å². The smallest absolute Gasteiger partial charge is 0.318 e. The average molecular weight is 270 g/mol. The molecular formula is C16H18N2O2. The van der Waals surface area contributed by atoms with Gasteiger partial charge in [0.1, 0.15) is 5.41 Å². The van der Waals surface area contributed by atoms with Crippen LogP contribution in [0.5, 0.6) is 0 Å². The Balaban J connectivity index is 2.62. The maximum atomic E-state index is 12.1. The molecule has 104 valence electrons. The lowest BCUT2D eigenvalue weighted by atomic mass is 9.71. The van der Waals surface area contributed by atoms with Gasteiger partial charge in [0.05, 0.1) is 6.21 Å². The summed E-state index contributed by atoms with van der Waals surface area (Å²) in [4.78, 5) is 12.1. The summed E-state index contributed by atoms with van der Waals surface area (Å²) in [5, 5.41) is 13.9. The summed E-state index contributed by atoms with van der Waals surface area (Å²) in [7, 11) is 0. The molecule has 0 amide bonds. The number of hydrogen-bond donors (Lipinski definition) is 2. The molecule has 0 aliphatic carbocycles. The molecule has 0 radical (unpaired) electrons. The number of aliphatic carboxylic acids is 1. The van der Waals surface area contributed by atoms with Crippen LogP contribution < -0.4 is 5.43 Å². The Morgan fingerprint density at radius 1 is 1.35 bits per heavy atom. The molecule has 1 aromatic rings. The molecule has 1 aromatic carbocycles. The van der Waals surface area contributed by atoms with Crippen LogP contribution in [0.4, 0.5) is 0 Å². The average Bonchev–Trinajstić information content (AvgIpc) is 2.74. The van der Waals surface area contributed by atoms with Gasteiger partial charge in [0.25, 0.3) is 0 Å². The van der Waals surface area contributed by atoms with Crippen LogP contribution in [0.3, 0.4) is 0 Å². The summed E-state index contributed by atoms with van der Waals surface area (Å²) in [6.07, 6.45) is 8.14. The van der Waals surface area contributed by atoms with Crippen LogP contribution in [0.2, 0.25) is 0 Å². The van der Waals surface area contributed by atoms with E-state index in [1.54, 1.807) is 24.6 Å². The van der Waals surface area contributed by atoms with E-state index in [2.05, 4.69) is 10.5 Å². The molecule has 1 aliphatic rings. The number of carbonyl (C=O) groups is 1. The largest absolute Gasteiger partial charge is 0.480 e. The Morgan fingerprint density at radius 3 is 2.75 bits per heavy atom. The minimum Gasteiger partial charge on any atom is -0.480 e. The van der Waals surface area contributed by atoms with Crippen LogP contribution in [0.25, 0.3) is 0 Å². The van der Waals surface area contributed by atoms with Gasteiger partial charge in [-0.15, -0.1) is 0 Å². The highest BCUT2D eigenvalue weighted by molar-refractivity contribution is 5.97. The van der Waals surface area contributed by atoms with E-state index in [1.165, 1.54) is 0 Å². The molecule has 0 fully saturated rings. The van der Waals surface area contributed by atoms with Gasteiger partial charge >= 0.3 is 5.97 Å². The Labute approximate surface area is 118 Å². The predicted octanol–water partition coefficient (Wildman–Crippen LogP) is 2.84. The number of hydrazone groups is 1. The molecular weight excluding hydrogens is 252 g/mol. The third kappa shape index (κ3) is 2.50. The molecule has 0 saturated carbocycles. The molecule has 0 spiro atoms. The molecule has 1 unspecified atom stereocenters. The molecule has 2 rings (SSSR count). The number of rotatable bonds is 5. The minimum absolute atomic E-state index is 0.526. The van der Waals surface area contributed by atoms with Crippen LogP contribution in [0.15, 0.2) is 59.4 Å². The second-order valence-corrected chi connectivity index (χ2v) is 4.69. The van der Waals surface area contributed by atoms with E-state index in [1.807, 2.05) is 37.3 Å². The van der Waals surface area contributed by atoms with Gasteiger partial charge in [-0.2, -0.15) is 5.10 Å². The van der Waals surface area contributed by atoms with Gasteiger partial charge in [-0.3, -0.25) is 10.2 Å². The maximum Gasteiger partial charge on any atom is 0.318 e. The molecule has 0 aromatic heterocycles. The fraction of sp³-hybridized carbons (Fsp3) is 0.250. The lowest BCUT2D eigenvalue weighted by Gasteiger charge is -2.30. The van der Waals surface area contributed by atoms with E-state index in [9.17, 15) is 9.90 Å². The zero-order valence-corrected chi connectivity index (χ0v) is 11.4. The summed E-state index contributed by atoms with van der Waals surface area (Å²) in [5.74, 6) is -0.849. The molecule has 1 aliphatic heterocycles. The van der Waals surface area contributed by atoms with Gasteiger partial charge in [-0.05, 0) is 23.6 Å². The number of carboxylic acid groups (broad SMARTS) is 1. The van der Waals surface area contributed by atoms with Crippen molar-refractivity contribution < 1.29 is 9.90 Å². The van der Waals surface area contributed by atoms with E-state index in [0.29, 0.717) is 12.0 Å². The van der Waals surface area contributed by atoms with Crippen molar-refractivity contribution in [2.75, 3.05) is 0 Å². The van der Waals surface area contributed by atoms with Gasteiger partial charge in [-0.1, -0.05) is 49.8 Å². The molecule has 1 heterocycles. The van der Waals surface area contributed by atoms with Crippen molar-refractivity contribution in [3.05, 3.63) is 59.8 Å². The van der Waals surface area contributed by atoms with Crippen molar-refractivity contribution in [3.8, 4) is 0 Å². The Morgan fingerprint density at radius 2 is 2.10 bits per heavy atom. The fourth-order valence-electron chi connectivity index (χ4n) is 2.55. The first-order chi connectivity index (χ1) is 9.71. The highest BCUT2D eigenvalue weighted by Gasteiger charge is 2.42. The number of nitrogens with zero attached hydrogens (tertiary/aromatic N) is 1. The minimum atomic E-state index is -1.06. The Bertz CT molecular complexity index is 561. The molecule has 2 N–H and O–H groups in total. The van der Waals surface area contributed by atoms with Gasteiger partial charge < -0.3 is 5.11 Å². The highest BCUT2D eigenvalue weighted by atomic mass is 16.4. The monoisotopic (exact) mass is 270 g/mol. The number of hydrogen-bond acceptors (Lipinski definition) is 3. The first-order valence-electron chi connectivity index (χ1n) is 6.66. The van der Waals surface area contributed by atoms with Crippen molar-refractivity contribution in [2.45, 2.75) is 25.2 Å². The number of benzene rings is 1. The maximum absolute atomic E-state index is 12.1. The summed E-state index contributed by atoms with van der Waals surface area (Å²) in [6, 6.07) is 9.34. The van der Waals surface area contributed by atoms with Crippen molar-refractivity contribution in [1.29, 1.82) is 0 Å². The van der Waals surface area contributed by atoms with Crippen LogP contribution in [-0.4, -0.2) is 17.3 Å². The van der Waals surface area contributed by atoms with E-state index in [-0.39, 0.29) is 0 Å². The van der Waals surface area contributed by atoms with Crippen molar-refractivity contribution in [1.82, 2.24) is 5.43 Å². The predicted molar refractivity (Wildman–Crippen MR) is 79.5 cm³/mol. The third-order valence-electron chi connectivity index (χ3n) is 3.47. The molecule has 20 heavy (non-hydrogen) atoms. The SMILES string of the molecule is CCCC(C(=O)O)(C1=CC=CNN=C1)c1ccccc1. The molecule has 0 saturated heterocycles. The molecule has 4 nitrogen and oxygen atoms in total. The first kappa shape index (κ1) is 14.1. The Hall–Kier alpha value is -2.36. The highest BCUT2D eigenvalue weighted by Crippen LogP contribution is 2.37. The van der Waals surface area contributed by atoms with E-state index < -0.39 is 11.4 Å². The van der Waals surface area contributed by atoms with Gasteiger partial charge in [0.2, 0.25) is 0 Å². The van der Waals surface area contributed by atoms with Crippen molar-refractivity contribution in [3.63, 3.8) is 0 Å². The van der Waals surface area contributed by atoms with Gasteiger partial charge in [0, 0.05) is 6.20 Å². The topological polar surface area (TPSA) is 61.7 Å². The van der Waals surface area contributed by atoms with E-state index in [4.69, 9.17) is 0 Å². The van der Waals surface area contributed by atoms with E-state index >= 15 is 0 Å². The summed E-state index contributed by atoms with van der Waals surface area (Å²) in [5.41, 5.74) is 3.13. The summed E-state index contributed by atoms with van der Waals surface area (Å²) < 4.78 is 0. The number of carboxylic acids is 1. The lowest BCUT2D eigenvalue weighted by molar-refractivity contribution is -0.142. The zero-order chi connectivity index (χ0) is 14.4. The zero-order valence-electron chi connectivity index (χ0n) is 11.4. The third-order valence-corrected chi connectivity index (χ3v) is 3.47. The molecule has 0 bridgehead atoms. The van der Waals surface area contributed by atoms with E-state index in [0.717, 1.165) is 12.0 Å². The summed E-state index contributed by atoms with van der Waals surface area (Å²) in [6.45, 7) is 1.99. The Kier molecular flexibility index (Phi) is 4.35. The van der Waals surface area contributed by atoms with Gasteiger partial charge in [0.15, 0.2) is 0 Å². The molecule has 4 heteroatoms. The standard InChI is InChI=1S/C16H18N2O2/c1-2-10-16(15(19)20,13-7-4-3-5-8-13)14-9-6-11-17-18-12-14/h3-9,11-12,17H,2,10H2,1H3,(H,19,20). The van der Waals surface area contributed by atoms with Crippen molar-refractivity contribution in [2.24, 2.45) is 5.10 Å². The van der Waals surface area contributed by atoms with Crippen LogP contribution >= 0.6 is 0 Å². The number of allylic oxidation sites excluding steroid dienone is 2. The quantitative estimate of drug-likeness (QED) is 0.864. The fourth-order valence-corrected chi connectivity index (χ4v) is 2.55. The normalized spacial score (nSPS) is 16.8. The van der Waals surface area contributed by atoms with Crippen molar-refractivity contribution >= 4 is 12.2 Å². The lowest BCUT2D eigenvalue weighted by Crippen LogP contribution is -2.38. The second-order valence-electron chi connectivity index (χ2n) is 4.69. The number of nitrogens with one attached hydrogen (secondary N) is 1. The van der Waals surface area contributed by atoms with Gasteiger partial charge in [-0.25, -0.2) is 0 Å². The van der Waals surface area contributed by atoms with Crippen LogP contribution in [0.1, 0.15) is 25.3 Å². The second kappa shape index (κ2) is 6.19. The molecule has 1 atom stereocenters.